The van der Waals surface area contributed by atoms with Crippen molar-refractivity contribution in [3.63, 3.8) is 0 Å². The van der Waals surface area contributed by atoms with Gasteiger partial charge in [0, 0.05) is 18.0 Å². The number of hydrogen-bond acceptors (Lipinski definition) is 3. The summed E-state index contributed by atoms with van der Waals surface area (Å²) < 4.78 is 40.3. The fraction of sp³-hybridized carbons (Fsp3) is 0.0714. The highest BCUT2D eigenvalue weighted by molar-refractivity contribution is 7.71. The molecule has 0 aliphatic carbocycles. The maximum Gasteiger partial charge on any atom is 0.416 e. The number of rotatable bonds is 2. The summed E-state index contributed by atoms with van der Waals surface area (Å²) in [6, 6.07) is 8.34. The number of nitrogens with zero attached hydrogens (tertiary/aromatic N) is 3. The lowest BCUT2D eigenvalue weighted by molar-refractivity contribution is -0.137. The number of nitrogens with one attached hydrogen (secondary N) is 1. The second kappa shape index (κ2) is 5.38. The number of H-pyrrole nitrogens is 1. The molecule has 4 nitrogen and oxygen atoms in total. The highest BCUT2D eigenvalue weighted by Crippen LogP contribution is 2.31. The van der Waals surface area contributed by atoms with Gasteiger partial charge in [-0.15, -0.1) is 0 Å². The first kappa shape index (κ1) is 14.5. The predicted octanol–water partition coefficient (Wildman–Crippen LogP) is 4.01. The summed E-state index contributed by atoms with van der Waals surface area (Å²) in [6.07, 6.45) is -1.27. The Morgan fingerprint density at radius 3 is 2.50 bits per heavy atom. The van der Waals surface area contributed by atoms with Gasteiger partial charge in [0.25, 0.3) is 0 Å². The van der Waals surface area contributed by atoms with E-state index in [1.54, 1.807) is 30.6 Å². The zero-order chi connectivity index (χ0) is 15.7. The van der Waals surface area contributed by atoms with Crippen LogP contribution < -0.4 is 0 Å². The highest BCUT2D eigenvalue weighted by atomic mass is 32.1. The number of aromatic amines is 1. The van der Waals surface area contributed by atoms with Gasteiger partial charge >= 0.3 is 6.18 Å². The van der Waals surface area contributed by atoms with Crippen LogP contribution in [0.5, 0.6) is 0 Å². The normalized spacial score (nSPS) is 11.6. The molecule has 3 aromatic rings. The Labute approximate surface area is 128 Å². The van der Waals surface area contributed by atoms with Crippen molar-refractivity contribution in [2.45, 2.75) is 6.18 Å². The highest BCUT2D eigenvalue weighted by Gasteiger charge is 2.30. The lowest BCUT2D eigenvalue weighted by Crippen LogP contribution is -2.06. The van der Waals surface area contributed by atoms with Gasteiger partial charge in [-0.1, -0.05) is 6.07 Å². The van der Waals surface area contributed by atoms with Crippen LogP contribution in [0.2, 0.25) is 0 Å². The largest absolute Gasteiger partial charge is 0.416 e. The lowest BCUT2D eigenvalue weighted by atomic mass is 10.2. The molecule has 0 unspecified atom stereocenters. The van der Waals surface area contributed by atoms with Gasteiger partial charge in [-0.2, -0.15) is 18.3 Å². The number of pyridine rings is 1. The third-order valence-corrected chi connectivity index (χ3v) is 3.32. The topological polar surface area (TPSA) is 46.5 Å². The van der Waals surface area contributed by atoms with Crippen LogP contribution in [-0.2, 0) is 6.18 Å². The molecule has 22 heavy (non-hydrogen) atoms. The van der Waals surface area contributed by atoms with E-state index in [-0.39, 0.29) is 4.77 Å². The summed E-state index contributed by atoms with van der Waals surface area (Å²) in [5.41, 5.74) is 0.244. The van der Waals surface area contributed by atoms with E-state index in [4.69, 9.17) is 12.2 Å². The van der Waals surface area contributed by atoms with Gasteiger partial charge in [-0.25, -0.2) is 0 Å². The molecular formula is C14H9F3N4S. The molecule has 0 fully saturated rings. The van der Waals surface area contributed by atoms with Crippen LogP contribution in [0.15, 0.2) is 48.8 Å². The van der Waals surface area contributed by atoms with E-state index in [2.05, 4.69) is 15.2 Å². The van der Waals surface area contributed by atoms with Gasteiger partial charge < -0.3 is 0 Å². The van der Waals surface area contributed by atoms with Crippen LogP contribution in [0.1, 0.15) is 5.56 Å². The van der Waals surface area contributed by atoms with Crippen LogP contribution in [0, 0.1) is 4.77 Å². The minimum absolute atomic E-state index is 0.214. The Hall–Kier alpha value is -2.48. The monoisotopic (exact) mass is 322 g/mol. The van der Waals surface area contributed by atoms with Crippen LogP contribution >= 0.6 is 12.2 Å². The molecule has 0 aliphatic rings. The fourth-order valence-corrected chi connectivity index (χ4v) is 2.29. The maximum absolute atomic E-state index is 12.9. The standard InChI is InChI=1S/C14H9F3N4S/c15-14(16,17)10-2-1-3-11(8-10)21-12(19-20-13(21)22)9-4-6-18-7-5-9/h1-8H,(H,20,22). The SMILES string of the molecule is FC(F)(F)c1cccc(-n2c(-c3ccncc3)n[nH]c2=S)c1. The van der Waals surface area contributed by atoms with E-state index in [0.717, 1.165) is 12.1 Å². The molecule has 8 heteroatoms. The van der Waals surface area contributed by atoms with Gasteiger partial charge in [0.2, 0.25) is 0 Å². The van der Waals surface area contributed by atoms with E-state index in [1.807, 2.05) is 0 Å². The zero-order valence-electron chi connectivity index (χ0n) is 11.0. The third-order valence-electron chi connectivity index (χ3n) is 3.04. The quantitative estimate of drug-likeness (QED) is 0.725. The van der Waals surface area contributed by atoms with Crippen LogP contribution in [0.3, 0.4) is 0 Å². The van der Waals surface area contributed by atoms with Crippen molar-refractivity contribution >= 4 is 12.2 Å². The minimum atomic E-state index is -4.42. The molecule has 1 aromatic carbocycles. The summed E-state index contributed by atoms with van der Waals surface area (Å²) in [4.78, 5) is 3.90. The number of benzene rings is 1. The average molecular weight is 322 g/mol. The molecule has 1 N–H and O–H groups in total. The first-order valence-corrected chi connectivity index (χ1v) is 6.63. The number of halogens is 3. The Kier molecular flexibility index (Phi) is 3.53. The molecule has 0 amide bonds. The van der Waals surface area contributed by atoms with Crippen molar-refractivity contribution in [2.24, 2.45) is 0 Å². The zero-order valence-corrected chi connectivity index (χ0v) is 11.8. The van der Waals surface area contributed by atoms with Crippen molar-refractivity contribution in [3.05, 3.63) is 59.1 Å². The first-order valence-electron chi connectivity index (χ1n) is 6.22. The Morgan fingerprint density at radius 1 is 1.09 bits per heavy atom. The van der Waals surface area contributed by atoms with Gasteiger partial charge in [0.15, 0.2) is 10.6 Å². The molecule has 0 saturated carbocycles. The molecule has 0 atom stereocenters. The Bertz CT molecular complexity index is 852. The predicted molar refractivity (Wildman–Crippen MR) is 77.0 cm³/mol. The molecule has 2 heterocycles. The number of alkyl halides is 3. The van der Waals surface area contributed by atoms with Gasteiger partial charge in [0.1, 0.15) is 0 Å². The van der Waals surface area contributed by atoms with Gasteiger partial charge in [0.05, 0.1) is 11.3 Å². The smallest absolute Gasteiger partial charge is 0.268 e. The van der Waals surface area contributed by atoms with Crippen molar-refractivity contribution in [1.82, 2.24) is 19.7 Å². The second-order valence-corrected chi connectivity index (χ2v) is 4.86. The summed E-state index contributed by atoms with van der Waals surface area (Å²) in [5, 5.41) is 6.70. The van der Waals surface area contributed by atoms with Crippen molar-refractivity contribution < 1.29 is 13.2 Å². The maximum atomic E-state index is 12.9. The summed E-state index contributed by atoms with van der Waals surface area (Å²) in [7, 11) is 0. The molecule has 0 saturated heterocycles. The molecular weight excluding hydrogens is 313 g/mol. The lowest BCUT2D eigenvalue weighted by Gasteiger charge is -2.11. The molecule has 2 aromatic heterocycles. The molecule has 112 valence electrons. The van der Waals surface area contributed by atoms with Crippen molar-refractivity contribution in [3.8, 4) is 17.1 Å². The Balaban J connectivity index is 2.18. The summed E-state index contributed by atoms with van der Waals surface area (Å²) in [6.45, 7) is 0. The van der Waals surface area contributed by atoms with E-state index in [0.29, 0.717) is 17.1 Å². The molecule has 0 aliphatic heterocycles. The van der Waals surface area contributed by atoms with Crippen molar-refractivity contribution in [1.29, 1.82) is 0 Å². The van der Waals surface area contributed by atoms with Crippen molar-refractivity contribution in [2.75, 3.05) is 0 Å². The van der Waals surface area contributed by atoms with Crippen LogP contribution in [-0.4, -0.2) is 19.7 Å². The molecule has 0 bridgehead atoms. The van der Waals surface area contributed by atoms with Gasteiger partial charge in [-0.3, -0.25) is 14.6 Å². The van der Waals surface area contributed by atoms with Crippen LogP contribution in [0.4, 0.5) is 13.2 Å². The van der Waals surface area contributed by atoms with Gasteiger partial charge in [-0.05, 0) is 42.5 Å². The van der Waals surface area contributed by atoms with E-state index in [9.17, 15) is 13.2 Å². The number of hydrogen-bond donors (Lipinski definition) is 1. The molecule has 0 spiro atoms. The average Bonchev–Trinajstić information content (AvgIpc) is 2.89. The summed E-state index contributed by atoms with van der Waals surface area (Å²) in [5.74, 6) is 0.423. The fourth-order valence-electron chi connectivity index (χ4n) is 2.05. The summed E-state index contributed by atoms with van der Waals surface area (Å²) >= 11 is 5.14. The number of aromatic nitrogens is 4. The van der Waals surface area contributed by atoms with E-state index in [1.165, 1.54) is 10.6 Å². The van der Waals surface area contributed by atoms with E-state index >= 15 is 0 Å². The molecule has 0 radical (unpaired) electrons. The Morgan fingerprint density at radius 2 is 1.82 bits per heavy atom. The minimum Gasteiger partial charge on any atom is -0.268 e. The van der Waals surface area contributed by atoms with E-state index < -0.39 is 11.7 Å². The first-order chi connectivity index (χ1) is 10.5. The molecule has 3 rings (SSSR count). The third kappa shape index (κ3) is 2.64. The second-order valence-electron chi connectivity index (χ2n) is 4.47. The van der Waals surface area contributed by atoms with Crippen LogP contribution in [0.25, 0.3) is 17.1 Å².